The van der Waals surface area contributed by atoms with Crippen molar-refractivity contribution in [1.29, 1.82) is 0 Å². The molecule has 0 saturated carbocycles. The van der Waals surface area contributed by atoms with E-state index in [1.54, 1.807) is 30.3 Å². The van der Waals surface area contributed by atoms with Gasteiger partial charge in [0, 0.05) is 15.7 Å². The minimum Gasteiger partial charge on any atom is -0.478 e. The van der Waals surface area contributed by atoms with Crippen LogP contribution in [0.15, 0.2) is 40.9 Å². The second kappa shape index (κ2) is 6.26. The summed E-state index contributed by atoms with van der Waals surface area (Å²) in [4.78, 5) is 11.0. The van der Waals surface area contributed by atoms with Gasteiger partial charge in [0.05, 0.1) is 11.6 Å². The largest absolute Gasteiger partial charge is 0.478 e. The van der Waals surface area contributed by atoms with Crippen LogP contribution < -0.4 is 5.32 Å². The lowest BCUT2D eigenvalue weighted by Gasteiger charge is -2.18. The number of carbonyl (C=O) groups is 1. The third-order valence-electron chi connectivity index (χ3n) is 3.28. The molecule has 1 atom stereocenters. The highest BCUT2D eigenvalue weighted by Crippen LogP contribution is 2.27. The minimum absolute atomic E-state index is 0.199. The number of anilines is 1. The lowest BCUT2D eigenvalue weighted by atomic mass is 10.1. The Hall–Kier alpha value is -1.88. The van der Waals surface area contributed by atoms with Crippen LogP contribution in [0.3, 0.4) is 0 Å². The van der Waals surface area contributed by atoms with Crippen molar-refractivity contribution in [2.45, 2.75) is 19.9 Å². The van der Waals surface area contributed by atoms with Crippen LogP contribution in [0.2, 0.25) is 0 Å². The van der Waals surface area contributed by atoms with E-state index < -0.39 is 5.97 Å². The second-order valence-electron chi connectivity index (χ2n) is 4.87. The van der Waals surface area contributed by atoms with Crippen LogP contribution in [0.1, 0.15) is 34.5 Å². The molecule has 0 bridgehead atoms. The monoisotopic (exact) mass is 351 g/mol. The molecule has 21 heavy (non-hydrogen) atoms. The molecule has 0 aliphatic rings. The predicted molar refractivity (Wildman–Crippen MR) is 84.3 cm³/mol. The molecule has 0 aliphatic carbocycles. The predicted octanol–water partition coefficient (Wildman–Crippen LogP) is 4.77. The fourth-order valence-corrected chi connectivity index (χ4v) is 2.45. The molecule has 0 radical (unpaired) electrons. The summed E-state index contributed by atoms with van der Waals surface area (Å²) in [6.07, 6.45) is 0. The smallest absolute Gasteiger partial charge is 0.335 e. The van der Waals surface area contributed by atoms with Crippen molar-refractivity contribution in [3.8, 4) is 0 Å². The highest BCUT2D eigenvalue weighted by molar-refractivity contribution is 9.10. The summed E-state index contributed by atoms with van der Waals surface area (Å²) in [5.74, 6) is -1.29. The standard InChI is InChI=1S/C16H15BrFNO2/c1-9-3-4-11(16(20)21)7-15(9)19-10(2)13-8-12(17)5-6-14(13)18/h3-8,10,19H,1-2H3,(H,20,21). The van der Waals surface area contributed by atoms with Crippen molar-refractivity contribution < 1.29 is 14.3 Å². The maximum absolute atomic E-state index is 13.9. The van der Waals surface area contributed by atoms with Crippen molar-refractivity contribution in [1.82, 2.24) is 0 Å². The van der Waals surface area contributed by atoms with Gasteiger partial charge in [0.1, 0.15) is 5.82 Å². The Kier molecular flexibility index (Phi) is 4.63. The number of nitrogens with one attached hydrogen (secondary N) is 1. The molecule has 110 valence electrons. The molecular formula is C16H15BrFNO2. The number of carboxylic acids is 1. The first-order chi connectivity index (χ1) is 9.88. The van der Waals surface area contributed by atoms with E-state index in [0.717, 1.165) is 10.0 Å². The van der Waals surface area contributed by atoms with E-state index in [-0.39, 0.29) is 17.4 Å². The molecule has 3 nitrogen and oxygen atoms in total. The third-order valence-corrected chi connectivity index (χ3v) is 3.77. The van der Waals surface area contributed by atoms with Gasteiger partial charge in [-0.2, -0.15) is 0 Å². The maximum atomic E-state index is 13.9. The molecule has 2 aromatic rings. The maximum Gasteiger partial charge on any atom is 0.335 e. The molecular weight excluding hydrogens is 337 g/mol. The molecule has 2 rings (SSSR count). The zero-order valence-corrected chi connectivity index (χ0v) is 13.2. The van der Waals surface area contributed by atoms with E-state index in [0.29, 0.717) is 11.3 Å². The van der Waals surface area contributed by atoms with Gasteiger partial charge in [-0.1, -0.05) is 22.0 Å². The van der Waals surface area contributed by atoms with Crippen molar-refractivity contribution in [3.05, 3.63) is 63.4 Å². The molecule has 2 N–H and O–H groups in total. The van der Waals surface area contributed by atoms with Crippen LogP contribution in [-0.4, -0.2) is 11.1 Å². The van der Waals surface area contributed by atoms with Gasteiger partial charge in [-0.25, -0.2) is 9.18 Å². The first-order valence-electron chi connectivity index (χ1n) is 6.44. The quantitative estimate of drug-likeness (QED) is 0.834. The molecule has 0 spiro atoms. The summed E-state index contributed by atoms with van der Waals surface area (Å²) in [5, 5.41) is 12.2. The van der Waals surface area contributed by atoms with Crippen molar-refractivity contribution in [2.24, 2.45) is 0 Å². The second-order valence-corrected chi connectivity index (χ2v) is 5.78. The van der Waals surface area contributed by atoms with Crippen LogP contribution >= 0.6 is 15.9 Å². The number of halogens is 2. The Bertz CT molecular complexity index is 688. The topological polar surface area (TPSA) is 49.3 Å². The summed E-state index contributed by atoms with van der Waals surface area (Å²) in [6.45, 7) is 3.70. The fourth-order valence-electron chi connectivity index (χ4n) is 2.07. The lowest BCUT2D eigenvalue weighted by Crippen LogP contribution is -2.10. The van der Waals surface area contributed by atoms with Gasteiger partial charge in [-0.05, 0) is 49.7 Å². The Morgan fingerprint density at radius 3 is 2.67 bits per heavy atom. The van der Waals surface area contributed by atoms with Crippen molar-refractivity contribution >= 4 is 27.6 Å². The van der Waals surface area contributed by atoms with E-state index >= 15 is 0 Å². The van der Waals surface area contributed by atoms with Gasteiger partial charge >= 0.3 is 5.97 Å². The first-order valence-corrected chi connectivity index (χ1v) is 7.23. The number of rotatable bonds is 4. The number of hydrogen-bond acceptors (Lipinski definition) is 2. The summed E-state index contributed by atoms with van der Waals surface area (Å²) < 4.78 is 14.7. The average molecular weight is 352 g/mol. The van der Waals surface area contributed by atoms with Crippen LogP contribution in [0.25, 0.3) is 0 Å². The number of benzene rings is 2. The lowest BCUT2D eigenvalue weighted by molar-refractivity contribution is 0.0697. The zero-order chi connectivity index (χ0) is 15.6. The average Bonchev–Trinajstić information content (AvgIpc) is 2.43. The van der Waals surface area contributed by atoms with Crippen LogP contribution in [-0.2, 0) is 0 Å². The van der Waals surface area contributed by atoms with Crippen LogP contribution in [0.4, 0.5) is 10.1 Å². The Balaban J connectivity index is 2.31. The first kappa shape index (κ1) is 15.5. The normalized spacial score (nSPS) is 12.0. The molecule has 0 heterocycles. The van der Waals surface area contributed by atoms with E-state index in [1.807, 2.05) is 13.8 Å². The highest BCUT2D eigenvalue weighted by atomic mass is 79.9. The van der Waals surface area contributed by atoms with Gasteiger partial charge < -0.3 is 10.4 Å². The molecule has 0 amide bonds. The SMILES string of the molecule is Cc1ccc(C(=O)O)cc1NC(C)c1cc(Br)ccc1F. The van der Waals surface area contributed by atoms with Crippen molar-refractivity contribution in [2.75, 3.05) is 5.32 Å². The summed E-state index contributed by atoms with van der Waals surface area (Å²) in [7, 11) is 0. The third kappa shape index (κ3) is 3.61. The molecule has 2 aromatic carbocycles. The van der Waals surface area contributed by atoms with Crippen molar-refractivity contribution in [3.63, 3.8) is 0 Å². The van der Waals surface area contributed by atoms with E-state index in [2.05, 4.69) is 21.2 Å². The van der Waals surface area contributed by atoms with Gasteiger partial charge in [0.15, 0.2) is 0 Å². The number of hydrogen-bond donors (Lipinski definition) is 2. The Morgan fingerprint density at radius 2 is 2.00 bits per heavy atom. The van der Waals surface area contributed by atoms with E-state index in [1.165, 1.54) is 6.07 Å². The Morgan fingerprint density at radius 1 is 1.29 bits per heavy atom. The Labute approximate surface area is 130 Å². The van der Waals surface area contributed by atoms with Gasteiger partial charge in [0.2, 0.25) is 0 Å². The summed E-state index contributed by atoms with van der Waals surface area (Å²) in [6, 6.07) is 9.31. The highest BCUT2D eigenvalue weighted by Gasteiger charge is 2.13. The summed E-state index contributed by atoms with van der Waals surface area (Å²) in [5.41, 5.74) is 2.30. The molecule has 5 heteroatoms. The molecule has 0 saturated heterocycles. The van der Waals surface area contributed by atoms with Gasteiger partial charge in [-0.15, -0.1) is 0 Å². The molecule has 1 unspecified atom stereocenters. The minimum atomic E-state index is -0.987. The van der Waals surface area contributed by atoms with E-state index in [4.69, 9.17) is 5.11 Å². The number of carboxylic acid groups (broad SMARTS) is 1. The number of aryl methyl sites for hydroxylation is 1. The molecule has 0 fully saturated rings. The number of aromatic carboxylic acids is 1. The zero-order valence-electron chi connectivity index (χ0n) is 11.7. The fraction of sp³-hybridized carbons (Fsp3) is 0.188. The van der Waals surface area contributed by atoms with Gasteiger partial charge in [0.25, 0.3) is 0 Å². The molecule has 0 aromatic heterocycles. The van der Waals surface area contributed by atoms with Gasteiger partial charge in [-0.3, -0.25) is 0 Å². The summed E-state index contributed by atoms with van der Waals surface area (Å²) >= 11 is 3.32. The van der Waals surface area contributed by atoms with Crippen LogP contribution in [0.5, 0.6) is 0 Å². The molecule has 0 aliphatic heterocycles. The van der Waals surface area contributed by atoms with E-state index in [9.17, 15) is 9.18 Å². The van der Waals surface area contributed by atoms with Crippen LogP contribution in [0, 0.1) is 12.7 Å².